The summed E-state index contributed by atoms with van der Waals surface area (Å²) in [6.07, 6.45) is 11.2. The van der Waals surface area contributed by atoms with Crippen LogP contribution in [0.1, 0.15) is 116 Å². The molecular formula is C35H54N2O6S. The zero-order valence-corrected chi connectivity index (χ0v) is 28.3. The lowest BCUT2D eigenvalue weighted by Gasteiger charge is -2.70. The smallest absolute Gasteiger partial charge is 0.335 e. The van der Waals surface area contributed by atoms with Gasteiger partial charge in [-0.25, -0.2) is 22.7 Å². The topological polar surface area (TPSA) is 133 Å². The lowest BCUT2D eigenvalue weighted by Crippen LogP contribution is -2.66. The SMILES string of the molecule is CC[C@H]1[C@@H](O)[C@H]2[C@@H]3CC[C@](C)([C@H](C)CCNC(=O)NS(=O)(=O)c4ccc(C(=O)O)cc4)[C@@]3(C)CC[C@]2(C)[C@@]2(C)CCCC[C@@H]12. The molecule has 10 atom stereocenters. The Bertz CT molecular complexity index is 1370. The van der Waals surface area contributed by atoms with Crippen LogP contribution in [0.15, 0.2) is 29.2 Å². The Morgan fingerprint density at radius 3 is 2.23 bits per heavy atom. The summed E-state index contributed by atoms with van der Waals surface area (Å²) in [5, 5.41) is 23.9. The van der Waals surface area contributed by atoms with Crippen LogP contribution in [0.4, 0.5) is 4.79 Å². The summed E-state index contributed by atoms with van der Waals surface area (Å²) in [6.45, 7) is 14.9. The first kappa shape index (κ1) is 33.2. The van der Waals surface area contributed by atoms with Crippen LogP contribution in [-0.2, 0) is 10.0 Å². The van der Waals surface area contributed by atoms with Gasteiger partial charge in [-0.2, -0.15) is 0 Å². The number of sulfonamides is 1. The van der Waals surface area contributed by atoms with Gasteiger partial charge in [0.25, 0.3) is 10.0 Å². The second-order valence-corrected chi connectivity index (χ2v) is 17.3. The molecule has 4 aliphatic carbocycles. The van der Waals surface area contributed by atoms with E-state index in [2.05, 4.69) is 46.9 Å². The third-order valence-electron chi connectivity index (χ3n) is 14.4. The van der Waals surface area contributed by atoms with E-state index in [9.17, 15) is 23.1 Å². The molecule has 4 saturated carbocycles. The molecule has 0 spiro atoms. The molecule has 9 heteroatoms. The molecule has 1 aromatic rings. The van der Waals surface area contributed by atoms with E-state index in [4.69, 9.17) is 5.11 Å². The molecule has 0 saturated heterocycles. The molecule has 44 heavy (non-hydrogen) atoms. The highest BCUT2D eigenvalue weighted by molar-refractivity contribution is 7.90. The minimum absolute atomic E-state index is 0.0307. The Balaban J connectivity index is 1.26. The number of carbonyl (C=O) groups is 2. The summed E-state index contributed by atoms with van der Waals surface area (Å²) in [5.74, 6) is 0.893. The van der Waals surface area contributed by atoms with Crippen molar-refractivity contribution in [1.82, 2.24) is 10.0 Å². The molecular weight excluding hydrogens is 576 g/mol. The number of carbonyl (C=O) groups excluding carboxylic acids is 1. The maximum absolute atomic E-state index is 12.7. The molecule has 0 aliphatic heterocycles. The standard InChI is InChI=1S/C35H54N2O6S/c1-7-25-26-10-8-9-17-33(26,4)35(6)20-19-34(5)27(28(35)29(25)38)15-18-32(34,3)22(2)16-21-36-31(41)37-44(42,43)24-13-11-23(12-14-24)30(39)40/h11-14,22,25-29,38H,7-10,15-21H2,1-6H3,(H,39,40)(H2,36,37,41)/t22-,25-,26+,27+,28-,29-,32-,33+,34+,35+/m1/s1. The number of rotatable bonds is 8. The summed E-state index contributed by atoms with van der Waals surface area (Å²) < 4.78 is 27.4. The number of aliphatic hydroxyl groups is 1. The van der Waals surface area contributed by atoms with Gasteiger partial charge in [-0.1, -0.05) is 60.8 Å². The Morgan fingerprint density at radius 1 is 0.932 bits per heavy atom. The number of amides is 2. The second kappa shape index (κ2) is 11.6. The number of hydrogen-bond donors (Lipinski definition) is 4. The number of hydrogen-bond acceptors (Lipinski definition) is 5. The van der Waals surface area contributed by atoms with Gasteiger partial charge in [0, 0.05) is 6.54 Å². The average Bonchev–Trinajstić information content (AvgIpc) is 3.24. The number of carboxylic acid groups (broad SMARTS) is 1. The molecule has 5 rings (SSSR count). The van der Waals surface area contributed by atoms with Crippen molar-refractivity contribution in [2.45, 2.75) is 117 Å². The summed E-state index contributed by atoms with van der Waals surface area (Å²) in [6, 6.07) is 3.95. The van der Waals surface area contributed by atoms with Crippen LogP contribution in [0, 0.1) is 51.2 Å². The van der Waals surface area contributed by atoms with Crippen molar-refractivity contribution in [3.8, 4) is 0 Å². The Morgan fingerprint density at radius 2 is 1.59 bits per heavy atom. The Hall–Kier alpha value is -2.13. The van der Waals surface area contributed by atoms with Crippen LogP contribution >= 0.6 is 0 Å². The zero-order chi connectivity index (χ0) is 32.3. The molecule has 0 aromatic heterocycles. The summed E-state index contributed by atoms with van der Waals surface area (Å²) in [7, 11) is -4.13. The van der Waals surface area contributed by atoms with E-state index in [1.165, 1.54) is 49.9 Å². The number of carboxylic acids is 1. The van der Waals surface area contributed by atoms with Crippen LogP contribution in [-0.4, -0.2) is 43.3 Å². The molecule has 0 unspecified atom stereocenters. The van der Waals surface area contributed by atoms with E-state index < -0.39 is 22.0 Å². The fraction of sp³-hybridized carbons (Fsp3) is 0.771. The fourth-order valence-electron chi connectivity index (χ4n) is 11.3. The number of urea groups is 1. The van der Waals surface area contributed by atoms with Gasteiger partial charge in [0.2, 0.25) is 0 Å². The number of aromatic carboxylic acids is 1. The summed E-state index contributed by atoms with van der Waals surface area (Å²) in [4.78, 5) is 23.5. The quantitative estimate of drug-likeness (QED) is 0.249. The van der Waals surface area contributed by atoms with Gasteiger partial charge >= 0.3 is 12.0 Å². The molecule has 0 heterocycles. The molecule has 4 aliphatic rings. The van der Waals surface area contributed by atoms with E-state index in [1.54, 1.807) is 0 Å². The molecule has 2 amide bonds. The van der Waals surface area contributed by atoms with Crippen molar-refractivity contribution < 1.29 is 28.2 Å². The lowest BCUT2D eigenvalue weighted by molar-refractivity contribution is -0.246. The van der Waals surface area contributed by atoms with Crippen LogP contribution in [0.5, 0.6) is 0 Å². The van der Waals surface area contributed by atoms with Crippen molar-refractivity contribution in [1.29, 1.82) is 0 Å². The minimum Gasteiger partial charge on any atom is -0.478 e. The molecule has 4 fully saturated rings. The van der Waals surface area contributed by atoms with Gasteiger partial charge in [-0.3, -0.25) is 0 Å². The van der Waals surface area contributed by atoms with Gasteiger partial charge in [0.15, 0.2) is 0 Å². The molecule has 0 bridgehead atoms. The molecule has 8 nitrogen and oxygen atoms in total. The third kappa shape index (κ3) is 4.99. The van der Waals surface area contributed by atoms with Gasteiger partial charge in [-0.15, -0.1) is 0 Å². The van der Waals surface area contributed by atoms with Crippen molar-refractivity contribution >= 4 is 22.0 Å². The van der Waals surface area contributed by atoms with Crippen LogP contribution in [0.2, 0.25) is 0 Å². The van der Waals surface area contributed by atoms with E-state index in [1.807, 2.05) is 4.72 Å². The molecule has 0 radical (unpaired) electrons. The van der Waals surface area contributed by atoms with Gasteiger partial charge in [-0.05, 0) is 120 Å². The highest BCUT2D eigenvalue weighted by atomic mass is 32.2. The zero-order valence-electron chi connectivity index (χ0n) is 27.5. The number of fused-ring (bicyclic) bond motifs is 5. The average molecular weight is 631 g/mol. The first-order chi connectivity index (χ1) is 20.6. The van der Waals surface area contributed by atoms with Crippen molar-refractivity contribution in [3.63, 3.8) is 0 Å². The maximum atomic E-state index is 12.7. The Labute approximate surface area is 264 Å². The van der Waals surface area contributed by atoms with Crippen molar-refractivity contribution in [2.24, 2.45) is 51.2 Å². The highest BCUT2D eigenvalue weighted by Crippen LogP contribution is 2.76. The van der Waals surface area contributed by atoms with Crippen LogP contribution in [0.25, 0.3) is 0 Å². The van der Waals surface area contributed by atoms with E-state index in [-0.39, 0.29) is 38.2 Å². The monoisotopic (exact) mass is 630 g/mol. The first-order valence-corrected chi connectivity index (χ1v) is 18.4. The van der Waals surface area contributed by atoms with Crippen molar-refractivity contribution in [2.75, 3.05) is 6.54 Å². The third-order valence-corrected chi connectivity index (χ3v) is 15.7. The van der Waals surface area contributed by atoms with Crippen LogP contribution < -0.4 is 10.0 Å². The highest BCUT2D eigenvalue weighted by Gasteiger charge is 2.71. The Kier molecular flexibility index (Phi) is 8.76. The van der Waals surface area contributed by atoms with E-state index >= 15 is 0 Å². The second-order valence-electron chi connectivity index (χ2n) is 15.6. The van der Waals surface area contributed by atoms with E-state index in [0.717, 1.165) is 38.5 Å². The summed E-state index contributed by atoms with van der Waals surface area (Å²) in [5.41, 5.74) is 0.512. The summed E-state index contributed by atoms with van der Waals surface area (Å²) >= 11 is 0. The number of nitrogens with one attached hydrogen (secondary N) is 2. The van der Waals surface area contributed by atoms with Gasteiger partial charge < -0.3 is 15.5 Å². The maximum Gasteiger partial charge on any atom is 0.335 e. The minimum atomic E-state index is -4.13. The van der Waals surface area contributed by atoms with Gasteiger partial charge in [0.05, 0.1) is 16.6 Å². The van der Waals surface area contributed by atoms with Gasteiger partial charge in [0.1, 0.15) is 0 Å². The molecule has 1 aromatic carbocycles. The normalized spacial score (nSPS) is 40.7. The van der Waals surface area contributed by atoms with Crippen LogP contribution in [0.3, 0.4) is 0 Å². The van der Waals surface area contributed by atoms with E-state index in [0.29, 0.717) is 36.1 Å². The predicted octanol–water partition coefficient (Wildman–Crippen LogP) is 6.84. The molecule has 4 N–H and O–H groups in total. The first-order valence-electron chi connectivity index (χ1n) is 16.9. The number of benzene rings is 1. The molecule has 246 valence electrons. The number of aliphatic hydroxyl groups excluding tert-OH is 1. The predicted molar refractivity (Wildman–Crippen MR) is 171 cm³/mol. The van der Waals surface area contributed by atoms with Crippen molar-refractivity contribution in [3.05, 3.63) is 29.8 Å². The lowest BCUT2D eigenvalue weighted by atomic mass is 9.35. The fourth-order valence-corrected chi connectivity index (χ4v) is 12.2. The largest absolute Gasteiger partial charge is 0.478 e.